The van der Waals surface area contributed by atoms with Crippen LogP contribution in [0.1, 0.15) is 34.7 Å². The summed E-state index contributed by atoms with van der Waals surface area (Å²) in [5, 5.41) is 29.7. The zero-order valence-electron chi connectivity index (χ0n) is 16.4. The molecule has 3 N–H and O–H groups in total. The third kappa shape index (κ3) is 4.09. The van der Waals surface area contributed by atoms with Gasteiger partial charge >= 0.3 is 0 Å². The van der Waals surface area contributed by atoms with Gasteiger partial charge in [0.25, 0.3) is 0 Å². The van der Waals surface area contributed by atoms with Gasteiger partial charge in [0.15, 0.2) is 0 Å². The van der Waals surface area contributed by atoms with Gasteiger partial charge in [-0.25, -0.2) is 0 Å². The quantitative estimate of drug-likeness (QED) is 0.618. The molecule has 1 fully saturated rings. The van der Waals surface area contributed by atoms with Crippen LogP contribution in [0.5, 0.6) is 11.5 Å². The maximum Gasteiger partial charge on any atom is 0.141 e. The minimum absolute atomic E-state index is 0.134. The Morgan fingerprint density at radius 3 is 2.79 bits per heavy atom. The molecule has 0 radical (unpaired) electrons. The summed E-state index contributed by atoms with van der Waals surface area (Å²) in [5.74, 6) is 0.778. The summed E-state index contributed by atoms with van der Waals surface area (Å²) < 4.78 is 0. The maximum absolute atomic E-state index is 10.4. The number of aliphatic hydroxyl groups excluding tert-OH is 1. The highest BCUT2D eigenvalue weighted by Gasteiger charge is 2.26. The third-order valence-corrected chi connectivity index (χ3v) is 5.65. The number of rotatable bonds is 5. The number of phenols is 1. The number of nitrogens with zero attached hydrogens (tertiary/aromatic N) is 3. The molecule has 3 aromatic rings. The summed E-state index contributed by atoms with van der Waals surface area (Å²) >= 11 is 0. The van der Waals surface area contributed by atoms with Gasteiger partial charge in [-0.1, -0.05) is 12.1 Å². The van der Waals surface area contributed by atoms with Crippen LogP contribution in [0.15, 0.2) is 48.8 Å². The molecule has 0 saturated carbocycles. The largest absolute Gasteiger partial charge is 0.508 e. The van der Waals surface area contributed by atoms with Crippen LogP contribution in [0.25, 0.3) is 11.3 Å². The highest BCUT2D eigenvalue weighted by Crippen LogP contribution is 2.33. The third-order valence-electron chi connectivity index (χ3n) is 5.65. The van der Waals surface area contributed by atoms with Crippen molar-refractivity contribution in [1.82, 2.24) is 14.9 Å². The van der Waals surface area contributed by atoms with Crippen LogP contribution in [0.3, 0.4) is 0 Å². The van der Waals surface area contributed by atoms with Gasteiger partial charge in [0.2, 0.25) is 0 Å². The predicted octanol–water partition coefficient (Wildman–Crippen LogP) is 3.35. The van der Waals surface area contributed by atoms with Crippen LogP contribution in [0.2, 0.25) is 0 Å². The van der Waals surface area contributed by atoms with Crippen molar-refractivity contribution in [3.05, 3.63) is 71.2 Å². The number of phenolic OH excluding ortho intramolecular Hbond substituents is 1. The summed E-state index contributed by atoms with van der Waals surface area (Å²) in [6.07, 6.45) is 4.48. The number of pyridine rings is 2. The van der Waals surface area contributed by atoms with E-state index in [-0.39, 0.29) is 18.1 Å². The first-order valence-corrected chi connectivity index (χ1v) is 9.80. The van der Waals surface area contributed by atoms with Gasteiger partial charge in [0.1, 0.15) is 11.5 Å². The van der Waals surface area contributed by atoms with Crippen molar-refractivity contribution < 1.29 is 15.3 Å². The molecule has 3 heterocycles. The molecule has 0 spiro atoms. The summed E-state index contributed by atoms with van der Waals surface area (Å²) in [7, 11) is 0. The first-order chi connectivity index (χ1) is 14.0. The molecule has 0 aliphatic carbocycles. The maximum atomic E-state index is 10.4. The lowest BCUT2D eigenvalue weighted by molar-refractivity contribution is 0.271. The van der Waals surface area contributed by atoms with Gasteiger partial charge < -0.3 is 15.3 Å². The Morgan fingerprint density at radius 1 is 1.14 bits per heavy atom. The fraction of sp³-hybridized carbons (Fsp3) is 0.304. The van der Waals surface area contributed by atoms with Gasteiger partial charge in [-0.05, 0) is 55.6 Å². The number of aryl methyl sites for hydroxylation is 1. The second-order valence-corrected chi connectivity index (χ2v) is 7.60. The monoisotopic (exact) mass is 391 g/mol. The van der Waals surface area contributed by atoms with Gasteiger partial charge in [0, 0.05) is 42.2 Å². The number of benzene rings is 1. The van der Waals surface area contributed by atoms with E-state index in [0.29, 0.717) is 23.7 Å². The number of hydrogen-bond donors (Lipinski definition) is 3. The van der Waals surface area contributed by atoms with Crippen LogP contribution in [0, 0.1) is 6.92 Å². The number of aromatic hydroxyl groups is 2. The zero-order chi connectivity index (χ0) is 20.4. The Kier molecular flexibility index (Phi) is 5.47. The molecule has 2 aromatic heterocycles. The van der Waals surface area contributed by atoms with Crippen molar-refractivity contribution in [2.75, 3.05) is 13.1 Å². The van der Waals surface area contributed by atoms with E-state index in [4.69, 9.17) is 0 Å². The minimum Gasteiger partial charge on any atom is -0.508 e. The van der Waals surface area contributed by atoms with Crippen LogP contribution in [-0.4, -0.2) is 43.3 Å². The molecule has 1 aliphatic rings. The van der Waals surface area contributed by atoms with Crippen molar-refractivity contribution in [2.24, 2.45) is 0 Å². The number of aromatic nitrogens is 2. The van der Waals surface area contributed by atoms with Gasteiger partial charge in [-0.3, -0.25) is 14.9 Å². The van der Waals surface area contributed by atoms with E-state index in [9.17, 15) is 15.3 Å². The van der Waals surface area contributed by atoms with E-state index in [1.54, 1.807) is 25.3 Å². The Hall–Kier alpha value is -2.96. The standard InChI is InChI=1S/C23H25N3O3/c1-15-23(29)21(19(14-27)11-25-15)13-26-8-6-18(12-26)16-5-7-24-22(10-16)17-3-2-4-20(28)9-17/h2-5,7,9-11,18,27-29H,6,8,12-14H2,1H3/t18-/m0/s1. The van der Waals surface area contributed by atoms with Crippen LogP contribution < -0.4 is 0 Å². The molecule has 0 unspecified atom stereocenters. The highest BCUT2D eigenvalue weighted by atomic mass is 16.3. The van der Waals surface area contributed by atoms with Gasteiger partial charge in [0.05, 0.1) is 18.0 Å². The van der Waals surface area contributed by atoms with Crippen LogP contribution in [-0.2, 0) is 13.2 Å². The number of hydrogen-bond acceptors (Lipinski definition) is 6. The average Bonchev–Trinajstić information content (AvgIpc) is 3.20. The Balaban J connectivity index is 1.51. The molecule has 0 amide bonds. The van der Waals surface area contributed by atoms with Crippen LogP contribution in [0.4, 0.5) is 0 Å². The van der Waals surface area contributed by atoms with E-state index in [0.717, 1.165) is 36.3 Å². The van der Waals surface area contributed by atoms with Crippen molar-refractivity contribution in [2.45, 2.75) is 32.4 Å². The second-order valence-electron chi connectivity index (χ2n) is 7.60. The lowest BCUT2D eigenvalue weighted by Crippen LogP contribution is -2.21. The SMILES string of the molecule is Cc1ncc(CO)c(CN2CC[C@H](c3ccnc(-c4cccc(O)c4)c3)C2)c1O. The molecule has 4 rings (SSSR count). The molecule has 1 saturated heterocycles. The van der Waals surface area contributed by atoms with Crippen LogP contribution >= 0.6 is 0 Å². The molecule has 29 heavy (non-hydrogen) atoms. The molecule has 1 aliphatic heterocycles. The second kappa shape index (κ2) is 8.19. The average molecular weight is 391 g/mol. The molecule has 1 aromatic carbocycles. The Labute approximate surface area is 170 Å². The summed E-state index contributed by atoms with van der Waals surface area (Å²) in [4.78, 5) is 10.9. The highest BCUT2D eigenvalue weighted by molar-refractivity contribution is 5.61. The Bertz CT molecular complexity index is 1020. The van der Waals surface area contributed by atoms with Gasteiger partial charge in [-0.15, -0.1) is 0 Å². The van der Waals surface area contributed by atoms with Gasteiger partial charge in [-0.2, -0.15) is 0 Å². The Morgan fingerprint density at radius 2 is 2.00 bits per heavy atom. The predicted molar refractivity (Wildman–Crippen MR) is 111 cm³/mol. The molecule has 6 heteroatoms. The van der Waals surface area contributed by atoms with Crippen molar-refractivity contribution in [3.8, 4) is 22.8 Å². The van der Waals surface area contributed by atoms with E-state index < -0.39 is 0 Å². The fourth-order valence-electron chi connectivity index (χ4n) is 3.99. The number of likely N-dealkylation sites (tertiary alicyclic amines) is 1. The normalized spacial score (nSPS) is 17.0. The molecular weight excluding hydrogens is 366 g/mol. The van der Waals surface area contributed by atoms with Crippen molar-refractivity contribution in [1.29, 1.82) is 0 Å². The smallest absolute Gasteiger partial charge is 0.141 e. The zero-order valence-corrected chi connectivity index (χ0v) is 16.4. The summed E-state index contributed by atoms with van der Waals surface area (Å²) in [5.41, 5.74) is 4.98. The van der Waals surface area contributed by atoms with Crippen molar-refractivity contribution in [3.63, 3.8) is 0 Å². The van der Waals surface area contributed by atoms with E-state index in [1.165, 1.54) is 5.56 Å². The molecule has 0 bridgehead atoms. The summed E-state index contributed by atoms with van der Waals surface area (Å²) in [6.45, 7) is 4.01. The van der Waals surface area contributed by atoms with Crippen molar-refractivity contribution >= 4 is 0 Å². The first-order valence-electron chi connectivity index (χ1n) is 9.80. The lowest BCUT2D eigenvalue weighted by atomic mass is 9.97. The topological polar surface area (TPSA) is 89.7 Å². The van der Waals surface area contributed by atoms with E-state index in [1.807, 2.05) is 24.4 Å². The molecular formula is C23H25N3O3. The van der Waals surface area contributed by atoms with E-state index >= 15 is 0 Å². The first kappa shape index (κ1) is 19.4. The number of aliphatic hydroxyl groups is 1. The molecule has 1 atom stereocenters. The molecule has 6 nitrogen and oxygen atoms in total. The molecule has 150 valence electrons. The fourth-order valence-corrected chi connectivity index (χ4v) is 3.99. The minimum atomic E-state index is -0.134. The lowest BCUT2D eigenvalue weighted by Gasteiger charge is -2.19. The van der Waals surface area contributed by atoms with E-state index in [2.05, 4.69) is 20.9 Å². The summed E-state index contributed by atoms with van der Waals surface area (Å²) in [6, 6.07) is 11.3.